The van der Waals surface area contributed by atoms with Crippen molar-refractivity contribution in [3.8, 4) is 0 Å². The van der Waals surface area contributed by atoms with E-state index >= 15 is 0 Å². The summed E-state index contributed by atoms with van der Waals surface area (Å²) in [6, 6.07) is 0. The largest absolute Gasteiger partial charge is 0.466 e. The average Bonchev–Trinajstić information content (AvgIpc) is 1.87. The monoisotopic (exact) mass is 160 g/mol. The smallest absolute Gasteiger partial charge is 0.302 e. The van der Waals surface area contributed by atoms with Gasteiger partial charge in [0.1, 0.15) is 6.10 Å². The predicted octanol–water partition coefficient (Wildman–Crippen LogP) is 0.501. The lowest BCUT2D eigenvalue weighted by atomic mass is 10.3. The normalized spacial score (nSPS) is 11.8. The number of hydrogen-bond acceptors (Lipinski definition) is 4. The van der Waals surface area contributed by atoms with Crippen molar-refractivity contribution < 1.29 is 19.1 Å². The summed E-state index contributed by atoms with van der Waals surface area (Å²) in [5, 5.41) is 0. The molecule has 0 aromatic rings. The van der Waals surface area contributed by atoms with E-state index < -0.39 is 0 Å². The summed E-state index contributed by atoms with van der Waals surface area (Å²) < 4.78 is 9.18. The fourth-order valence-corrected chi connectivity index (χ4v) is 0.531. The van der Waals surface area contributed by atoms with Gasteiger partial charge in [-0.2, -0.15) is 0 Å². The van der Waals surface area contributed by atoms with Crippen molar-refractivity contribution in [3.05, 3.63) is 0 Å². The molecule has 0 saturated carbocycles. The average molecular weight is 160 g/mol. The van der Waals surface area contributed by atoms with E-state index in [-0.39, 0.29) is 12.1 Å². The van der Waals surface area contributed by atoms with Crippen LogP contribution in [0.2, 0.25) is 0 Å². The highest BCUT2D eigenvalue weighted by Crippen LogP contribution is 1.95. The molecule has 0 heterocycles. The number of carbonyl (C=O) groups is 2. The lowest BCUT2D eigenvalue weighted by molar-refractivity contribution is -0.142. The van der Waals surface area contributed by atoms with Crippen molar-refractivity contribution in [1.29, 1.82) is 0 Å². The van der Waals surface area contributed by atoms with Crippen LogP contribution in [0.25, 0.3) is 0 Å². The second-order valence-electron chi connectivity index (χ2n) is 2.17. The molecule has 4 heteroatoms. The van der Waals surface area contributed by atoms with Gasteiger partial charge in [-0.25, -0.2) is 0 Å². The molecule has 0 amide bonds. The molecule has 1 unspecified atom stereocenters. The maximum absolute atomic E-state index is 10.3. The molecule has 0 N–H and O–H groups in total. The van der Waals surface area contributed by atoms with Crippen LogP contribution in [0.1, 0.15) is 20.3 Å². The van der Waals surface area contributed by atoms with Crippen molar-refractivity contribution in [2.45, 2.75) is 26.4 Å². The third-order valence-electron chi connectivity index (χ3n) is 1.12. The minimum Gasteiger partial charge on any atom is -0.466 e. The molecule has 0 aromatic carbocycles. The summed E-state index contributed by atoms with van der Waals surface area (Å²) in [6.07, 6.45) is 0.352. The zero-order chi connectivity index (χ0) is 8.69. The van der Waals surface area contributed by atoms with Crippen molar-refractivity contribution >= 4 is 12.4 Å². The third-order valence-corrected chi connectivity index (χ3v) is 1.12. The Kier molecular flexibility index (Phi) is 5.15. The van der Waals surface area contributed by atoms with E-state index in [9.17, 15) is 9.59 Å². The van der Waals surface area contributed by atoms with E-state index in [4.69, 9.17) is 0 Å². The topological polar surface area (TPSA) is 52.6 Å². The summed E-state index contributed by atoms with van der Waals surface area (Å²) in [7, 11) is 0. The Hall–Kier alpha value is -1.06. The zero-order valence-corrected chi connectivity index (χ0v) is 6.70. The molecule has 64 valence electrons. The summed E-state index contributed by atoms with van der Waals surface area (Å²) in [6.45, 7) is 3.76. The van der Waals surface area contributed by atoms with Gasteiger partial charge in [-0.1, -0.05) is 0 Å². The third kappa shape index (κ3) is 6.83. The first-order chi connectivity index (χ1) is 5.16. The van der Waals surface area contributed by atoms with Crippen LogP contribution < -0.4 is 0 Å². The molecule has 0 rings (SSSR count). The highest BCUT2D eigenvalue weighted by Gasteiger charge is 2.01. The van der Waals surface area contributed by atoms with Gasteiger partial charge in [0.15, 0.2) is 0 Å². The van der Waals surface area contributed by atoms with E-state index in [1.54, 1.807) is 6.92 Å². The highest BCUT2D eigenvalue weighted by atomic mass is 16.5. The molecule has 4 nitrogen and oxygen atoms in total. The van der Waals surface area contributed by atoms with Crippen LogP contribution >= 0.6 is 0 Å². The summed E-state index contributed by atoms with van der Waals surface area (Å²) in [4.78, 5) is 20.0. The predicted molar refractivity (Wildman–Crippen MR) is 37.9 cm³/mol. The Labute approximate surface area is 65.5 Å². The molecule has 1 atom stereocenters. The van der Waals surface area contributed by atoms with Gasteiger partial charge >= 0.3 is 5.97 Å². The highest BCUT2D eigenvalue weighted by molar-refractivity contribution is 5.65. The quantitative estimate of drug-likeness (QED) is 0.434. The van der Waals surface area contributed by atoms with Crippen LogP contribution in [0.4, 0.5) is 0 Å². The van der Waals surface area contributed by atoms with Gasteiger partial charge in [0.2, 0.25) is 0 Å². The van der Waals surface area contributed by atoms with Crippen molar-refractivity contribution in [3.63, 3.8) is 0 Å². The first-order valence-corrected chi connectivity index (χ1v) is 3.39. The van der Waals surface area contributed by atoms with E-state index in [0.717, 1.165) is 0 Å². The van der Waals surface area contributed by atoms with Crippen molar-refractivity contribution in [2.24, 2.45) is 0 Å². The van der Waals surface area contributed by atoms with Gasteiger partial charge in [-0.05, 0) is 6.92 Å². The molecule has 0 radical (unpaired) electrons. The van der Waals surface area contributed by atoms with E-state index in [2.05, 4.69) is 9.47 Å². The molecular formula is C7H12O4. The summed E-state index contributed by atoms with van der Waals surface area (Å²) in [5.74, 6) is -0.316. The van der Waals surface area contributed by atoms with Crippen LogP contribution in [0.3, 0.4) is 0 Å². The molecule has 0 aliphatic rings. The van der Waals surface area contributed by atoms with Crippen LogP contribution in [0.15, 0.2) is 0 Å². The van der Waals surface area contributed by atoms with Gasteiger partial charge in [0.05, 0.1) is 6.61 Å². The van der Waals surface area contributed by atoms with Gasteiger partial charge in [0, 0.05) is 13.3 Å². The van der Waals surface area contributed by atoms with Crippen LogP contribution in [-0.4, -0.2) is 25.2 Å². The number of ether oxygens (including phenoxy) is 2. The Morgan fingerprint density at radius 2 is 2.27 bits per heavy atom. The lowest BCUT2D eigenvalue weighted by Crippen LogP contribution is -2.11. The fourth-order valence-electron chi connectivity index (χ4n) is 0.531. The minimum absolute atomic E-state index is 0.188. The van der Waals surface area contributed by atoms with Crippen LogP contribution in [-0.2, 0) is 19.1 Å². The van der Waals surface area contributed by atoms with Gasteiger partial charge in [-0.3, -0.25) is 9.59 Å². The number of hydrogen-bond donors (Lipinski definition) is 0. The fraction of sp³-hybridized carbons (Fsp3) is 0.714. The van der Waals surface area contributed by atoms with Gasteiger partial charge < -0.3 is 9.47 Å². The number of rotatable bonds is 5. The minimum atomic E-state index is -0.316. The Morgan fingerprint density at radius 1 is 1.64 bits per heavy atom. The molecule has 0 fully saturated rings. The first-order valence-electron chi connectivity index (χ1n) is 3.39. The Bertz CT molecular complexity index is 132. The first kappa shape index (κ1) is 9.94. The maximum atomic E-state index is 10.3. The van der Waals surface area contributed by atoms with Gasteiger partial charge in [0.25, 0.3) is 6.47 Å². The van der Waals surface area contributed by atoms with E-state index in [1.165, 1.54) is 6.92 Å². The van der Waals surface area contributed by atoms with E-state index in [0.29, 0.717) is 19.5 Å². The number of carbonyl (C=O) groups excluding carboxylic acids is 2. The molecule has 0 spiro atoms. The molecule has 0 bridgehead atoms. The standard InChI is InChI=1S/C7H12O4/c1-6(11-5-8)3-4-10-7(2)9/h5-6H,3-4H2,1-2H3. The molecule has 11 heavy (non-hydrogen) atoms. The molecule has 0 aromatic heterocycles. The lowest BCUT2D eigenvalue weighted by Gasteiger charge is -2.07. The molecule has 0 saturated heterocycles. The molecular weight excluding hydrogens is 148 g/mol. The second kappa shape index (κ2) is 5.70. The second-order valence-corrected chi connectivity index (χ2v) is 2.17. The van der Waals surface area contributed by atoms with E-state index in [1.807, 2.05) is 0 Å². The van der Waals surface area contributed by atoms with Crippen molar-refractivity contribution in [2.75, 3.05) is 6.61 Å². The SMILES string of the molecule is CC(=O)OCCC(C)OC=O. The van der Waals surface area contributed by atoms with Crippen LogP contribution in [0.5, 0.6) is 0 Å². The van der Waals surface area contributed by atoms with Crippen molar-refractivity contribution in [1.82, 2.24) is 0 Å². The van der Waals surface area contributed by atoms with Crippen LogP contribution in [0, 0.1) is 0 Å². The molecule has 0 aliphatic carbocycles. The Balaban J connectivity index is 3.23. The zero-order valence-electron chi connectivity index (χ0n) is 6.70. The summed E-state index contributed by atoms with van der Waals surface area (Å²) >= 11 is 0. The number of esters is 1. The van der Waals surface area contributed by atoms with Gasteiger partial charge in [-0.15, -0.1) is 0 Å². The maximum Gasteiger partial charge on any atom is 0.302 e. The summed E-state index contributed by atoms with van der Waals surface area (Å²) in [5.41, 5.74) is 0. The Morgan fingerprint density at radius 3 is 2.73 bits per heavy atom. The molecule has 0 aliphatic heterocycles.